The fraction of sp³-hybridized carbons (Fsp3) is 0.255. The molecule has 0 saturated heterocycles. The zero-order valence-electron chi connectivity index (χ0n) is 38.1. The second-order valence-electron chi connectivity index (χ2n) is 17.4. The first-order chi connectivity index (χ1) is 33.7. The van der Waals surface area contributed by atoms with E-state index in [4.69, 9.17) is 4.74 Å². The molecule has 14 nitrogen and oxygen atoms in total. The van der Waals surface area contributed by atoms with Crippen LogP contribution in [0.4, 0.5) is 0 Å². The number of ether oxygens (including phenoxy) is 1. The van der Waals surface area contributed by atoms with Gasteiger partial charge in [0.1, 0.15) is 18.4 Å². The van der Waals surface area contributed by atoms with Gasteiger partial charge in [0.25, 0.3) is 0 Å². The number of Topliss-reactive ketones (excluding diaryl/α,β-unsaturated/α-hetero) is 2. The first kappa shape index (κ1) is 47.4. The second kappa shape index (κ2) is 23.5. The molecule has 7 aromatic rings. The third-order valence-corrected chi connectivity index (χ3v) is 12.4. The van der Waals surface area contributed by atoms with Crippen molar-refractivity contribution in [3.8, 4) is 16.9 Å². The highest BCUT2D eigenvalue weighted by Gasteiger charge is 2.34. The predicted octanol–water partition coefficient (Wildman–Crippen LogP) is 6.54. The summed E-state index contributed by atoms with van der Waals surface area (Å²) in [4.78, 5) is 76.7. The number of carbonyl (C=O) groups is 5. The number of ketones is 2. The van der Waals surface area contributed by atoms with Crippen molar-refractivity contribution in [3.63, 3.8) is 0 Å². The van der Waals surface area contributed by atoms with Gasteiger partial charge < -0.3 is 20.7 Å². The highest BCUT2D eigenvalue weighted by Crippen LogP contribution is 2.24. The second-order valence-corrected chi connectivity index (χ2v) is 17.4. The summed E-state index contributed by atoms with van der Waals surface area (Å²) in [6.45, 7) is -0.293. The predicted molar refractivity (Wildman–Crippen MR) is 259 cm³/mol. The van der Waals surface area contributed by atoms with Crippen molar-refractivity contribution in [2.75, 3.05) is 6.61 Å². The number of nitrogens with one attached hydrogen (secondary N) is 4. The zero-order chi connectivity index (χ0) is 47.8. The van der Waals surface area contributed by atoms with Crippen molar-refractivity contribution < 1.29 is 28.7 Å². The Kier molecular flexibility index (Phi) is 16.2. The Morgan fingerprint density at radius 2 is 1.28 bits per heavy atom. The summed E-state index contributed by atoms with van der Waals surface area (Å²) in [7, 11) is 0. The number of hydrogen-bond acceptors (Lipinski definition) is 10. The Hall–Kier alpha value is -8.13. The van der Waals surface area contributed by atoms with Crippen molar-refractivity contribution >= 4 is 29.3 Å². The van der Waals surface area contributed by atoms with Crippen LogP contribution in [0.1, 0.15) is 58.9 Å². The van der Waals surface area contributed by atoms with Crippen LogP contribution in [-0.2, 0) is 56.1 Å². The minimum Gasteiger partial charge on any atom is -0.486 e. The standard InChI is InChI=1S/C55H54N8O6/c64-46-34-44(31-41-26-28-56-29-27-41)53(66)59-50(33-40-16-21-43(22-17-40)42-14-8-3-9-15-42)55(68)57-48(25-20-37-10-4-1-5-11-37)51(65)35-45(30-39-18-23-47(24-19-39)69-36-46)54(67)58-49(52-60-62-63-61-52)32-38-12-6-2-7-13-38/h1-19,21-24,26-29,44-45,48-50H,20,25,30-36H2,(H,57,68)(H,58,67)(H,59,66)(H,60,61,62,63)/t44-,45-,48+,49+,50-/m1/s1. The third kappa shape index (κ3) is 13.7. The van der Waals surface area contributed by atoms with E-state index in [1.807, 2.05) is 115 Å². The molecule has 0 saturated carbocycles. The van der Waals surface area contributed by atoms with Gasteiger partial charge in [0.15, 0.2) is 17.4 Å². The lowest BCUT2D eigenvalue weighted by atomic mass is 9.89. The number of aromatic nitrogens is 5. The molecule has 4 heterocycles. The van der Waals surface area contributed by atoms with Gasteiger partial charge in [-0.1, -0.05) is 133 Å². The number of aromatic amines is 1. The van der Waals surface area contributed by atoms with E-state index >= 15 is 0 Å². The summed E-state index contributed by atoms with van der Waals surface area (Å²) in [5.74, 6) is -3.21. The van der Waals surface area contributed by atoms with E-state index in [0.29, 0.717) is 18.6 Å². The number of carbonyl (C=O) groups excluding carboxylic acids is 5. The molecule has 0 spiro atoms. The molecule has 2 bridgehead atoms. The summed E-state index contributed by atoms with van der Waals surface area (Å²) in [6, 6.07) is 44.6. The molecular formula is C55H54N8O6. The monoisotopic (exact) mass is 922 g/mol. The van der Waals surface area contributed by atoms with Crippen LogP contribution in [0, 0.1) is 11.8 Å². The number of aryl methyl sites for hydroxylation is 1. The molecule has 5 aromatic carbocycles. The Balaban J connectivity index is 1.13. The third-order valence-electron chi connectivity index (χ3n) is 12.4. The molecule has 2 aromatic heterocycles. The van der Waals surface area contributed by atoms with Gasteiger partial charge in [-0.2, -0.15) is 5.21 Å². The van der Waals surface area contributed by atoms with Crippen LogP contribution in [0.3, 0.4) is 0 Å². The normalized spacial score (nSPS) is 18.7. The summed E-state index contributed by atoms with van der Waals surface area (Å²) < 4.78 is 5.94. The van der Waals surface area contributed by atoms with E-state index in [2.05, 4.69) is 41.6 Å². The summed E-state index contributed by atoms with van der Waals surface area (Å²) in [6.07, 6.45) is 4.34. The molecule has 3 amide bonds. The molecule has 2 aliphatic rings. The Bertz CT molecular complexity index is 2760. The minimum atomic E-state index is -1.15. The number of hydrogen-bond donors (Lipinski definition) is 4. The van der Waals surface area contributed by atoms with E-state index in [1.165, 1.54) is 0 Å². The molecule has 2 aliphatic heterocycles. The minimum absolute atomic E-state index is 0.0865. The van der Waals surface area contributed by atoms with Crippen molar-refractivity contribution in [2.24, 2.45) is 11.8 Å². The quantitative estimate of drug-likeness (QED) is 0.0986. The number of amides is 3. The first-order valence-corrected chi connectivity index (χ1v) is 23.2. The first-order valence-electron chi connectivity index (χ1n) is 23.2. The van der Waals surface area contributed by atoms with Crippen molar-refractivity contribution in [3.05, 3.63) is 198 Å². The molecule has 5 atom stereocenters. The largest absolute Gasteiger partial charge is 0.486 e. The highest BCUT2D eigenvalue weighted by molar-refractivity contribution is 5.96. The maximum Gasteiger partial charge on any atom is 0.243 e. The molecule has 0 aliphatic carbocycles. The number of nitrogens with zero attached hydrogens (tertiary/aromatic N) is 4. The smallest absolute Gasteiger partial charge is 0.243 e. The molecule has 0 radical (unpaired) electrons. The van der Waals surface area contributed by atoms with E-state index in [9.17, 15) is 24.0 Å². The van der Waals surface area contributed by atoms with Crippen LogP contribution in [0.15, 0.2) is 164 Å². The van der Waals surface area contributed by atoms with Gasteiger partial charge in [-0.15, -0.1) is 10.2 Å². The molecule has 69 heavy (non-hydrogen) atoms. The van der Waals surface area contributed by atoms with Crippen LogP contribution >= 0.6 is 0 Å². The number of benzene rings is 5. The molecule has 0 fully saturated rings. The van der Waals surface area contributed by atoms with Gasteiger partial charge in [-0.3, -0.25) is 29.0 Å². The van der Waals surface area contributed by atoms with Crippen LogP contribution < -0.4 is 20.7 Å². The summed E-state index contributed by atoms with van der Waals surface area (Å²) in [5, 5.41) is 23.8. The van der Waals surface area contributed by atoms with Gasteiger partial charge >= 0.3 is 0 Å². The lowest BCUT2D eigenvalue weighted by molar-refractivity contribution is -0.135. The topological polar surface area (TPSA) is 198 Å². The highest BCUT2D eigenvalue weighted by atomic mass is 16.5. The fourth-order valence-electron chi connectivity index (χ4n) is 8.61. The van der Waals surface area contributed by atoms with Gasteiger partial charge in [-0.25, -0.2) is 0 Å². The number of tetrazole rings is 1. The van der Waals surface area contributed by atoms with Gasteiger partial charge in [0.2, 0.25) is 17.7 Å². The van der Waals surface area contributed by atoms with E-state index in [1.54, 1.807) is 48.8 Å². The Labute approximate surface area is 400 Å². The maximum atomic E-state index is 14.9. The molecule has 9 rings (SSSR count). The summed E-state index contributed by atoms with van der Waals surface area (Å²) >= 11 is 0. The molecule has 350 valence electrons. The SMILES string of the molecule is O=C1COc2ccc(cc2)C[C@@H](C(=O)N[C@@H](Cc2ccccc2)c2nn[nH]n2)CC(=O)[C@H](CCc2ccccc2)NC(=O)[C@@H](Cc2ccc(-c3ccccc3)cc2)NC(=O)[C@H](Cc2ccncc2)C1. The van der Waals surface area contributed by atoms with Gasteiger partial charge in [0.05, 0.1) is 12.1 Å². The van der Waals surface area contributed by atoms with Crippen LogP contribution in [0.5, 0.6) is 5.75 Å². The van der Waals surface area contributed by atoms with Crippen molar-refractivity contribution in [1.29, 1.82) is 0 Å². The van der Waals surface area contributed by atoms with Crippen LogP contribution in [0.25, 0.3) is 11.1 Å². The summed E-state index contributed by atoms with van der Waals surface area (Å²) in [5.41, 5.74) is 6.20. The average molecular weight is 923 g/mol. The Morgan fingerprint density at radius 1 is 0.638 bits per heavy atom. The number of fused-ring (bicyclic) bond motifs is 16. The number of H-pyrrole nitrogens is 1. The van der Waals surface area contributed by atoms with Crippen molar-refractivity contribution in [1.82, 2.24) is 41.6 Å². The molecular weight excluding hydrogens is 869 g/mol. The van der Waals surface area contributed by atoms with Crippen LogP contribution in [0.2, 0.25) is 0 Å². The zero-order valence-corrected chi connectivity index (χ0v) is 38.1. The van der Waals surface area contributed by atoms with Gasteiger partial charge in [-0.05, 0) is 88.9 Å². The molecule has 4 N–H and O–H groups in total. The average Bonchev–Trinajstić information content (AvgIpc) is 3.93. The fourth-order valence-corrected chi connectivity index (χ4v) is 8.61. The van der Waals surface area contributed by atoms with E-state index < -0.39 is 47.7 Å². The molecule has 0 unspecified atom stereocenters. The lowest BCUT2D eigenvalue weighted by Crippen LogP contribution is -2.54. The number of rotatable bonds is 13. The number of pyridine rings is 1. The van der Waals surface area contributed by atoms with Crippen LogP contribution in [-0.4, -0.2) is 73.6 Å². The molecule has 14 heteroatoms. The lowest BCUT2D eigenvalue weighted by Gasteiger charge is -2.26. The Morgan fingerprint density at radius 3 is 1.96 bits per heavy atom. The van der Waals surface area contributed by atoms with Crippen molar-refractivity contribution in [2.45, 2.75) is 69.5 Å². The van der Waals surface area contributed by atoms with E-state index in [0.717, 1.165) is 38.9 Å². The van der Waals surface area contributed by atoms with Gasteiger partial charge in [0, 0.05) is 49.9 Å². The maximum absolute atomic E-state index is 14.9. The van der Waals surface area contributed by atoms with E-state index in [-0.39, 0.29) is 62.5 Å².